The molecule has 1 N–H and O–H groups in total. The van der Waals surface area contributed by atoms with Crippen molar-refractivity contribution in [2.45, 2.75) is 0 Å². The first-order valence-electron chi connectivity index (χ1n) is 4.92. The molecule has 0 atom stereocenters. The van der Waals surface area contributed by atoms with Gasteiger partial charge in [-0.25, -0.2) is 4.79 Å². The van der Waals surface area contributed by atoms with Crippen LogP contribution in [0.2, 0.25) is 0 Å². The minimum atomic E-state index is -0.898. The Labute approximate surface area is 108 Å². The molecule has 92 valence electrons. The average molecular weight is 253 g/mol. The molecule has 0 saturated heterocycles. The highest BCUT2D eigenvalue weighted by Crippen LogP contribution is 2.16. The maximum absolute atomic E-state index is 11.1. The molecule has 0 aliphatic heterocycles. The van der Waals surface area contributed by atoms with Crippen LogP contribution in [0.25, 0.3) is 0 Å². The lowest BCUT2D eigenvalue weighted by Gasteiger charge is -2.03. The number of nitrogens with one attached hydrogen (secondary N) is 1. The molecular formula is C12H7N5O2. The SMILES string of the molecule is COC(=O)C(C#N)=NNc1cc(C#N)ccc1C#N. The van der Waals surface area contributed by atoms with E-state index < -0.39 is 11.7 Å². The fourth-order valence-corrected chi connectivity index (χ4v) is 1.13. The molecule has 0 amide bonds. The Morgan fingerprint density at radius 2 is 2.05 bits per heavy atom. The molecule has 1 rings (SSSR count). The lowest BCUT2D eigenvalue weighted by molar-refractivity contribution is -0.132. The summed E-state index contributed by atoms with van der Waals surface area (Å²) in [5.41, 5.74) is 2.66. The summed E-state index contributed by atoms with van der Waals surface area (Å²) in [6.07, 6.45) is 0. The van der Waals surface area contributed by atoms with E-state index in [1.165, 1.54) is 18.2 Å². The number of carbonyl (C=O) groups is 1. The quantitative estimate of drug-likeness (QED) is 0.485. The predicted molar refractivity (Wildman–Crippen MR) is 64.6 cm³/mol. The van der Waals surface area contributed by atoms with E-state index in [1.54, 1.807) is 6.07 Å². The van der Waals surface area contributed by atoms with Crippen molar-refractivity contribution in [2.75, 3.05) is 12.5 Å². The molecule has 0 saturated carbocycles. The fraction of sp³-hybridized carbons (Fsp3) is 0.0833. The number of nitrogens with zero attached hydrogens (tertiary/aromatic N) is 4. The van der Waals surface area contributed by atoms with Gasteiger partial charge in [0.25, 0.3) is 0 Å². The molecule has 0 fully saturated rings. The van der Waals surface area contributed by atoms with Gasteiger partial charge in [0.2, 0.25) is 5.71 Å². The summed E-state index contributed by atoms with van der Waals surface area (Å²) in [4.78, 5) is 11.1. The van der Waals surface area contributed by atoms with Gasteiger partial charge in [-0.2, -0.15) is 20.9 Å². The van der Waals surface area contributed by atoms with Gasteiger partial charge in [0.1, 0.15) is 12.1 Å². The molecule has 0 spiro atoms. The Bertz CT molecular complexity index is 658. The van der Waals surface area contributed by atoms with Crippen molar-refractivity contribution in [1.82, 2.24) is 0 Å². The number of anilines is 1. The first-order valence-corrected chi connectivity index (χ1v) is 4.92. The summed E-state index contributed by atoms with van der Waals surface area (Å²) in [6.45, 7) is 0. The third kappa shape index (κ3) is 3.29. The van der Waals surface area contributed by atoms with Crippen molar-refractivity contribution in [2.24, 2.45) is 5.10 Å². The van der Waals surface area contributed by atoms with Crippen molar-refractivity contribution in [3.05, 3.63) is 29.3 Å². The van der Waals surface area contributed by atoms with Crippen LogP contribution in [0.5, 0.6) is 0 Å². The highest BCUT2D eigenvalue weighted by molar-refractivity contribution is 6.43. The molecule has 19 heavy (non-hydrogen) atoms. The minimum absolute atomic E-state index is 0.221. The molecule has 0 aliphatic rings. The van der Waals surface area contributed by atoms with Gasteiger partial charge >= 0.3 is 5.97 Å². The second-order valence-corrected chi connectivity index (χ2v) is 3.16. The molecule has 0 aliphatic carbocycles. The first-order chi connectivity index (χ1) is 9.15. The van der Waals surface area contributed by atoms with Gasteiger partial charge in [0.15, 0.2) is 0 Å². The number of esters is 1. The van der Waals surface area contributed by atoms with E-state index >= 15 is 0 Å². The van der Waals surface area contributed by atoms with E-state index in [2.05, 4.69) is 15.3 Å². The Morgan fingerprint density at radius 1 is 1.32 bits per heavy atom. The topological polar surface area (TPSA) is 122 Å². The van der Waals surface area contributed by atoms with Crippen molar-refractivity contribution in [3.8, 4) is 18.2 Å². The van der Waals surface area contributed by atoms with Gasteiger partial charge in [0, 0.05) is 0 Å². The normalized spacial score (nSPS) is 9.68. The molecule has 0 unspecified atom stereocenters. The molecule has 0 aromatic heterocycles. The molecule has 0 radical (unpaired) electrons. The number of methoxy groups -OCH3 is 1. The molecule has 1 aromatic carbocycles. The highest BCUT2D eigenvalue weighted by atomic mass is 16.5. The number of carbonyl (C=O) groups excluding carboxylic acids is 1. The number of benzene rings is 1. The van der Waals surface area contributed by atoms with Crippen LogP contribution in [-0.2, 0) is 9.53 Å². The Hall–Kier alpha value is -3.37. The van der Waals surface area contributed by atoms with Crippen LogP contribution in [0.3, 0.4) is 0 Å². The maximum Gasteiger partial charge on any atom is 0.369 e. The average Bonchev–Trinajstić information content (AvgIpc) is 2.47. The molecule has 0 bridgehead atoms. The molecule has 1 aromatic rings. The van der Waals surface area contributed by atoms with Gasteiger partial charge in [0.05, 0.1) is 30.0 Å². The number of nitriles is 3. The first kappa shape index (κ1) is 13.7. The van der Waals surface area contributed by atoms with Crippen molar-refractivity contribution in [3.63, 3.8) is 0 Å². The zero-order valence-electron chi connectivity index (χ0n) is 9.84. The lowest BCUT2D eigenvalue weighted by atomic mass is 10.1. The molecule has 7 heteroatoms. The van der Waals surface area contributed by atoms with Gasteiger partial charge in [-0.15, -0.1) is 0 Å². The number of hydrogen-bond acceptors (Lipinski definition) is 7. The van der Waals surface area contributed by atoms with E-state index in [0.29, 0.717) is 5.56 Å². The summed E-state index contributed by atoms with van der Waals surface area (Å²) in [7, 11) is 1.12. The zero-order chi connectivity index (χ0) is 14.3. The number of ether oxygens (including phenoxy) is 1. The Kier molecular flexibility index (Phi) is 4.60. The summed E-state index contributed by atoms with van der Waals surface area (Å²) in [6, 6.07) is 9.63. The monoisotopic (exact) mass is 253 g/mol. The smallest absolute Gasteiger partial charge is 0.369 e. The third-order valence-electron chi connectivity index (χ3n) is 2.04. The number of hydrogen-bond donors (Lipinski definition) is 1. The summed E-state index contributed by atoms with van der Waals surface area (Å²) >= 11 is 0. The van der Waals surface area contributed by atoms with Gasteiger partial charge in [-0.05, 0) is 18.2 Å². The fourth-order valence-electron chi connectivity index (χ4n) is 1.13. The van der Waals surface area contributed by atoms with Crippen LogP contribution in [0.4, 0.5) is 5.69 Å². The highest BCUT2D eigenvalue weighted by Gasteiger charge is 2.11. The second kappa shape index (κ2) is 6.39. The van der Waals surface area contributed by atoms with Gasteiger partial charge in [-0.3, -0.25) is 5.43 Å². The lowest BCUT2D eigenvalue weighted by Crippen LogP contribution is -2.15. The Morgan fingerprint density at radius 3 is 2.58 bits per heavy atom. The Balaban J connectivity index is 3.10. The van der Waals surface area contributed by atoms with Crippen molar-refractivity contribution >= 4 is 17.4 Å². The van der Waals surface area contributed by atoms with E-state index in [0.717, 1.165) is 7.11 Å². The third-order valence-corrected chi connectivity index (χ3v) is 2.04. The minimum Gasteiger partial charge on any atom is -0.464 e. The van der Waals surface area contributed by atoms with E-state index in [1.807, 2.05) is 12.1 Å². The van der Waals surface area contributed by atoms with Gasteiger partial charge in [-0.1, -0.05) is 0 Å². The van der Waals surface area contributed by atoms with Crippen molar-refractivity contribution in [1.29, 1.82) is 15.8 Å². The number of rotatable bonds is 3. The summed E-state index contributed by atoms with van der Waals surface area (Å²) in [5, 5.41) is 29.9. The molecular weight excluding hydrogens is 246 g/mol. The van der Waals surface area contributed by atoms with Crippen LogP contribution in [0.1, 0.15) is 11.1 Å². The van der Waals surface area contributed by atoms with Crippen LogP contribution >= 0.6 is 0 Å². The number of hydrazone groups is 1. The summed E-state index contributed by atoms with van der Waals surface area (Å²) in [5.74, 6) is -0.898. The summed E-state index contributed by atoms with van der Waals surface area (Å²) < 4.78 is 4.34. The van der Waals surface area contributed by atoms with Crippen molar-refractivity contribution < 1.29 is 9.53 Å². The van der Waals surface area contributed by atoms with Crippen LogP contribution in [-0.4, -0.2) is 18.8 Å². The van der Waals surface area contributed by atoms with Crippen LogP contribution in [0, 0.1) is 34.0 Å². The second-order valence-electron chi connectivity index (χ2n) is 3.16. The van der Waals surface area contributed by atoms with E-state index in [4.69, 9.17) is 15.8 Å². The van der Waals surface area contributed by atoms with Gasteiger partial charge < -0.3 is 4.74 Å². The molecule has 7 nitrogen and oxygen atoms in total. The molecule has 0 heterocycles. The largest absolute Gasteiger partial charge is 0.464 e. The van der Waals surface area contributed by atoms with E-state index in [-0.39, 0.29) is 11.3 Å². The van der Waals surface area contributed by atoms with Crippen LogP contribution < -0.4 is 5.43 Å². The standard InChI is InChI=1S/C12H7N5O2/c1-19-12(18)11(7-15)17-16-10-4-8(5-13)2-3-9(10)6-14/h2-4,16H,1H3. The van der Waals surface area contributed by atoms with E-state index in [9.17, 15) is 4.79 Å². The maximum atomic E-state index is 11.1. The zero-order valence-corrected chi connectivity index (χ0v) is 9.84. The van der Waals surface area contributed by atoms with Crippen LogP contribution in [0.15, 0.2) is 23.3 Å². The predicted octanol–water partition coefficient (Wildman–Crippen LogP) is 0.894.